The maximum Gasteiger partial charge on any atom is 0.0897 e. The number of halogens is 1. The molecule has 0 radical (unpaired) electrons. The van der Waals surface area contributed by atoms with E-state index in [-0.39, 0.29) is 0 Å². The quantitative estimate of drug-likeness (QED) is 0.808. The van der Waals surface area contributed by atoms with Crippen LogP contribution in [-0.4, -0.2) is 30.4 Å². The molecule has 1 aromatic rings. The van der Waals surface area contributed by atoms with Crippen molar-refractivity contribution in [3.05, 3.63) is 34.9 Å². The minimum atomic E-state index is -0.441. The average molecular weight is 284 g/mol. The Morgan fingerprint density at radius 1 is 1.37 bits per heavy atom. The smallest absolute Gasteiger partial charge is 0.0897 e. The Balaban J connectivity index is 1.56. The van der Waals surface area contributed by atoms with Crippen molar-refractivity contribution >= 4 is 11.6 Å². The summed E-state index contributed by atoms with van der Waals surface area (Å²) in [4.78, 5) is 0. The zero-order chi connectivity index (χ0) is 13.7. The highest BCUT2D eigenvalue weighted by Crippen LogP contribution is 2.25. The second-order valence-electron chi connectivity index (χ2n) is 5.48. The van der Waals surface area contributed by atoms with Crippen molar-refractivity contribution < 1.29 is 9.84 Å². The minimum absolute atomic E-state index is 0.359. The summed E-state index contributed by atoms with van der Waals surface area (Å²) in [6.45, 7) is 3.73. The van der Waals surface area contributed by atoms with E-state index < -0.39 is 6.10 Å². The van der Waals surface area contributed by atoms with E-state index in [0.717, 1.165) is 16.5 Å². The van der Waals surface area contributed by atoms with Crippen molar-refractivity contribution in [1.82, 2.24) is 5.32 Å². The van der Waals surface area contributed by atoms with Crippen molar-refractivity contribution in [3.8, 4) is 0 Å². The van der Waals surface area contributed by atoms with Gasteiger partial charge in [0, 0.05) is 17.6 Å². The lowest BCUT2D eigenvalue weighted by Crippen LogP contribution is -2.44. The minimum Gasteiger partial charge on any atom is -0.389 e. The fourth-order valence-corrected chi connectivity index (χ4v) is 2.45. The second-order valence-corrected chi connectivity index (χ2v) is 5.91. The molecule has 1 saturated carbocycles. The number of nitrogens with one attached hydrogen (secondary N) is 1. The molecule has 0 amide bonds. The van der Waals surface area contributed by atoms with Crippen molar-refractivity contribution in [1.29, 1.82) is 0 Å². The van der Waals surface area contributed by atoms with Crippen LogP contribution in [0.5, 0.6) is 0 Å². The molecule has 0 aromatic heterocycles. The molecule has 1 aliphatic carbocycles. The van der Waals surface area contributed by atoms with Gasteiger partial charge in [0.2, 0.25) is 0 Å². The van der Waals surface area contributed by atoms with E-state index in [0.29, 0.717) is 25.8 Å². The van der Waals surface area contributed by atoms with Crippen LogP contribution in [0.3, 0.4) is 0 Å². The lowest BCUT2D eigenvalue weighted by Gasteiger charge is -2.34. The SMILES string of the molecule is CC1CC(NCC(O)COCc2ccc(Cl)cc2)C1. The molecule has 1 atom stereocenters. The van der Waals surface area contributed by atoms with Gasteiger partial charge in [-0.15, -0.1) is 0 Å². The van der Waals surface area contributed by atoms with Crippen LogP contribution >= 0.6 is 11.6 Å². The second kappa shape index (κ2) is 7.25. The van der Waals surface area contributed by atoms with Gasteiger partial charge in [-0.3, -0.25) is 0 Å². The van der Waals surface area contributed by atoms with Crippen molar-refractivity contribution in [3.63, 3.8) is 0 Å². The largest absolute Gasteiger partial charge is 0.389 e. The summed E-state index contributed by atoms with van der Waals surface area (Å²) in [5, 5.41) is 13.9. The molecule has 19 heavy (non-hydrogen) atoms. The van der Waals surface area contributed by atoms with E-state index in [1.807, 2.05) is 24.3 Å². The third-order valence-corrected chi connectivity index (χ3v) is 3.76. The summed E-state index contributed by atoms with van der Waals surface area (Å²) in [5.41, 5.74) is 1.07. The van der Waals surface area contributed by atoms with Gasteiger partial charge in [0.1, 0.15) is 0 Å². The monoisotopic (exact) mass is 283 g/mol. The molecule has 4 heteroatoms. The first-order chi connectivity index (χ1) is 9.13. The molecule has 1 aromatic carbocycles. The van der Waals surface area contributed by atoms with E-state index in [1.54, 1.807) is 0 Å². The summed E-state index contributed by atoms with van der Waals surface area (Å²) in [5.74, 6) is 0.829. The third kappa shape index (κ3) is 5.11. The standard InChI is InChI=1S/C15H22ClNO2/c1-11-6-14(7-11)17-8-15(18)10-19-9-12-2-4-13(16)5-3-12/h2-5,11,14-15,17-18H,6-10H2,1H3. The number of aliphatic hydroxyl groups is 1. The highest BCUT2D eigenvalue weighted by atomic mass is 35.5. The van der Waals surface area contributed by atoms with Gasteiger partial charge in [-0.1, -0.05) is 30.7 Å². The number of hydrogen-bond donors (Lipinski definition) is 2. The zero-order valence-electron chi connectivity index (χ0n) is 11.3. The van der Waals surface area contributed by atoms with Gasteiger partial charge in [0.15, 0.2) is 0 Å². The predicted molar refractivity (Wildman–Crippen MR) is 77.3 cm³/mol. The van der Waals surface area contributed by atoms with E-state index >= 15 is 0 Å². The van der Waals surface area contributed by atoms with Gasteiger partial charge in [0.05, 0.1) is 19.3 Å². The Hall–Kier alpha value is -0.610. The van der Waals surface area contributed by atoms with Crippen LogP contribution in [0.15, 0.2) is 24.3 Å². The Morgan fingerprint density at radius 2 is 2.05 bits per heavy atom. The summed E-state index contributed by atoms with van der Waals surface area (Å²) in [7, 11) is 0. The molecule has 2 N–H and O–H groups in total. The topological polar surface area (TPSA) is 41.5 Å². The normalized spacial score (nSPS) is 23.9. The Morgan fingerprint density at radius 3 is 2.68 bits per heavy atom. The summed E-state index contributed by atoms with van der Waals surface area (Å²) >= 11 is 5.81. The molecule has 0 bridgehead atoms. The molecule has 0 aliphatic heterocycles. The molecule has 0 spiro atoms. The Labute approximate surface area is 119 Å². The first-order valence-corrected chi connectivity index (χ1v) is 7.25. The van der Waals surface area contributed by atoms with Crippen molar-refractivity contribution in [2.24, 2.45) is 5.92 Å². The molecule has 1 unspecified atom stereocenters. The predicted octanol–water partition coefficient (Wildman–Crippen LogP) is 2.61. The van der Waals surface area contributed by atoms with Crippen LogP contribution in [-0.2, 0) is 11.3 Å². The lowest BCUT2D eigenvalue weighted by atomic mass is 9.82. The highest BCUT2D eigenvalue weighted by Gasteiger charge is 2.24. The third-order valence-electron chi connectivity index (χ3n) is 3.51. The van der Waals surface area contributed by atoms with E-state index in [1.165, 1.54) is 12.8 Å². The van der Waals surface area contributed by atoms with E-state index in [9.17, 15) is 5.11 Å². The van der Waals surface area contributed by atoms with Crippen LogP contribution in [0.1, 0.15) is 25.3 Å². The zero-order valence-corrected chi connectivity index (χ0v) is 12.1. The van der Waals surface area contributed by atoms with Crippen molar-refractivity contribution in [2.45, 2.75) is 38.5 Å². The molecular weight excluding hydrogens is 262 g/mol. The number of aliphatic hydroxyl groups excluding tert-OH is 1. The van der Waals surface area contributed by atoms with Crippen LogP contribution in [0, 0.1) is 5.92 Å². The molecule has 1 aliphatic rings. The number of rotatable bonds is 7. The van der Waals surface area contributed by atoms with Gasteiger partial charge in [-0.05, 0) is 36.5 Å². The van der Waals surface area contributed by atoms with Gasteiger partial charge in [-0.2, -0.15) is 0 Å². The number of ether oxygens (including phenoxy) is 1. The summed E-state index contributed by atoms with van der Waals surface area (Å²) in [6, 6.07) is 8.14. The van der Waals surface area contributed by atoms with E-state index in [4.69, 9.17) is 16.3 Å². The fraction of sp³-hybridized carbons (Fsp3) is 0.600. The van der Waals surface area contributed by atoms with Crippen molar-refractivity contribution in [2.75, 3.05) is 13.2 Å². The van der Waals surface area contributed by atoms with Gasteiger partial charge < -0.3 is 15.2 Å². The molecule has 2 rings (SSSR count). The number of benzene rings is 1. The highest BCUT2D eigenvalue weighted by molar-refractivity contribution is 6.30. The molecular formula is C15H22ClNO2. The van der Waals surface area contributed by atoms with Gasteiger partial charge >= 0.3 is 0 Å². The molecule has 106 valence electrons. The van der Waals surface area contributed by atoms with Crippen LogP contribution in [0.4, 0.5) is 0 Å². The first-order valence-electron chi connectivity index (χ1n) is 6.87. The van der Waals surface area contributed by atoms with Crippen LogP contribution < -0.4 is 5.32 Å². The Bertz CT molecular complexity index is 376. The first kappa shape index (κ1) is 14.8. The fourth-order valence-electron chi connectivity index (χ4n) is 2.32. The summed E-state index contributed by atoms with van der Waals surface area (Å²) < 4.78 is 5.49. The molecule has 0 heterocycles. The molecule has 0 saturated heterocycles. The number of hydrogen-bond acceptors (Lipinski definition) is 3. The average Bonchev–Trinajstić information content (AvgIpc) is 2.36. The molecule has 3 nitrogen and oxygen atoms in total. The van der Waals surface area contributed by atoms with Gasteiger partial charge in [0.25, 0.3) is 0 Å². The van der Waals surface area contributed by atoms with Crippen LogP contribution in [0.25, 0.3) is 0 Å². The lowest BCUT2D eigenvalue weighted by molar-refractivity contribution is 0.0251. The van der Waals surface area contributed by atoms with Crippen LogP contribution in [0.2, 0.25) is 5.02 Å². The van der Waals surface area contributed by atoms with E-state index in [2.05, 4.69) is 12.2 Å². The maximum atomic E-state index is 9.80. The summed E-state index contributed by atoms with van der Waals surface area (Å²) in [6.07, 6.45) is 2.00. The maximum absolute atomic E-state index is 9.80. The molecule has 1 fully saturated rings. The van der Waals surface area contributed by atoms with Gasteiger partial charge in [-0.25, -0.2) is 0 Å². The Kier molecular flexibility index (Phi) is 5.64.